The second kappa shape index (κ2) is 8.34. The minimum atomic E-state index is -0.0872. The molecule has 128 valence electrons. The minimum Gasteiger partial charge on any atom is -0.467 e. The zero-order valence-corrected chi connectivity index (χ0v) is 14.4. The van der Waals surface area contributed by atoms with E-state index >= 15 is 0 Å². The highest BCUT2D eigenvalue weighted by Gasteiger charge is 2.14. The van der Waals surface area contributed by atoms with Gasteiger partial charge in [0.2, 0.25) is 5.91 Å². The Hall–Kier alpha value is -2.80. The molecule has 0 saturated heterocycles. The quantitative estimate of drug-likeness (QED) is 0.497. The van der Waals surface area contributed by atoms with Crippen molar-refractivity contribution in [3.8, 4) is 11.4 Å². The predicted molar refractivity (Wildman–Crippen MR) is 96.9 cm³/mol. The molecule has 7 heteroatoms. The van der Waals surface area contributed by atoms with E-state index in [1.807, 2.05) is 41.0 Å². The molecule has 0 spiro atoms. The van der Waals surface area contributed by atoms with E-state index in [2.05, 4.69) is 22.1 Å². The molecule has 0 aliphatic rings. The van der Waals surface area contributed by atoms with Gasteiger partial charge in [-0.25, -0.2) is 0 Å². The van der Waals surface area contributed by atoms with E-state index < -0.39 is 0 Å². The lowest BCUT2D eigenvalue weighted by Crippen LogP contribution is -2.24. The van der Waals surface area contributed by atoms with Gasteiger partial charge in [0.25, 0.3) is 0 Å². The molecule has 6 nitrogen and oxygen atoms in total. The molecule has 1 N–H and O–H groups in total. The number of benzene rings is 1. The summed E-state index contributed by atoms with van der Waals surface area (Å²) >= 11 is 1.35. The van der Waals surface area contributed by atoms with Crippen LogP contribution in [0.4, 0.5) is 0 Å². The highest BCUT2D eigenvalue weighted by Crippen LogP contribution is 2.23. The number of carbonyl (C=O) groups is 1. The molecule has 3 rings (SSSR count). The first-order valence-electron chi connectivity index (χ1n) is 7.79. The largest absolute Gasteiger partial charge is 0.467 e. The van der Waals surface area contributed by atoms with E-state index in [0.29, 0.717) is 18.2 Å². The Bertz CT molecular complexity index is 828. The first-order chi connectivity index (χ1) is 12.3. The van der Waals surface area contributed by atoms with Gasteiger partial charge in [-0.05, 0) is 12.1 Å². The Morgan fingerprint density at radius 3 is 2.80 bits per heavy atom. The van der Waals surface area contributed by atoms with Crippen LogP contribution >= 0.6 is 11.8 Å². The van der Waals surface area contributed by atoms with Crippen molar-refractivity contribution in [1.29, 1.82) is 0 Å². The number of nitrogens with one attached hydrogen (secondary N) is 1. The fraction of sp³-hybridized carbons (Fsp3) is 0.167. The maximum Gasteiger partial charge on any atom is 0.230 e. The maximum atomic E-state index is 12.0. The monoisotopic (exact) mass is 354 g/mol. The molecule has 25 heavy (non-hydrogen) atoms. The van der Waals surface area contributed by atoms with Gasteiger partial charge in [-0.2, -0.15) is 0 Å². The molecule has 0 aliphatic carbocycles. The molecule has 2 aromatic heterocycles. The zero-order valence-electron chi connectivity index (χ0n) is 13.6. The Balaban J connectivity index is 1.64. The van der Waals surface area contributed by atoms with Gasteiger partial charge in [0.05, 0.1) is 18.6 Å². The van der Waals surface area contributed by atoms with Crippen LogP contribution in [0.25, 0.3) is 11.4 Å². The van der Waals surface area contributed by atoms with Gasteiger partial charge >= 0.3 is 0 Å². The van der Waals surface area contributed by atoms with Gasteiger partial charge in [0.1, 0.15) is 5.76 Å². The van der Waals surface area contributed by atoms with E-state index in [0.717, 1.165) is 17.1 Å². The van der Waals surface area contributed by atoms with E-state index in [1.54, 1.807) is 18.4 Å². The Kier molecular flexibility index (Phi) is 5.69. The summed E-state index contributed by atoms with van der Waals surface area (Å²) in [6.45, 7) is 4.74. The standard InChI is InChI=1S/C18H18N4O2S/c1-2-10-22-17(14-7-4-3-5-8-14)20-21-18(22)25-13-16(23)19-12-15-9-6-11-24-15/h2-9,11H,1,10,12-13H2,(H,19,23). The molecule has 0 fully saturated rings. The minimum absolute atomic E-state index is 0.0872. The molecule has 3 aromatic rings. The lowest BCUT2D eigenvalue weighted by Gasteiger charge is -2.07. The zero-order chi connectivity index (χ0) is 17.5. The van der Waals surface area contributed by atoms with Crippen LogP contribution in [-0.2, 0) is 17.9 Å². The maximum absolute atomic E-state index is 12.0. The summed E-state index contributed by atoms with van der Waals surface area (Å²) in [5.74, 6) is 1.65. The smallest absolute Gasteiger partial charge is 0.230 e. The van der Waals surface area contributed by atoms with Crippen molar-refractivity contribution in [3.05, 3.63) is 67.1 Å². The van der Waals surface area contributed by atoms with Gasteiger partial charge in [-0.15, -0.1) is 16.8 Å². The average molecular weight is 354 g/mol. The summed E-state index contributed by atoms with van der Waals surface area (Å²) in [5, 5.41) is 12.0. The van der Waals surface area contributed by atoms with Crippen molar-refractivity contribution in [2.75, 3.05) is 5.75 Å². The number of carbonyl (C=O) groups excluding carboxylic acids is 1. The number of amides is 1. The number of hydrogen-bond donors (Lipinski definition) is 1. The van der Waals surface area contributed by atoms with Crippen LogP contribution in [0.3, 0.4) is 0 Å². The fourth-order valence-electron chi connectivity index (χ4n) is 2.27. The Morgan fingerprint density at radius 2 is 2.08 bits per heavy atom. The van der Waals surface area contributed by atoms with Crippen molar-refractivity contribution < 1.29 is 9.21 Å². The summed E-state index contributed by atoms with van der Waals surface area (Å²) in [6.07, 6.45) is 3.37. The third kappa shape index (κ3) is 4.39. The highest BCUT2D eigenvalue weighted by molar-refractivity contribution is 7.99. The van der Waals surface area contributed by atoms with Gasteiger partial charge in [-0.1, -0.05) is 48.2 Å². The molecule has 0 bridgehead atoms. The van der Waals surface area contributed by atoms with Crippen LogP contribution in [0.1, 0.15) is 5.76 Å². The molecule has 2 heterocycles. The van der Waals surface area contributed by atoms with Gasteiger partial charge in [0, 0.05) is 12.1 Å². The molecule has 1 aromatic carbocycles. The van der Waals surface area contributed by atoms with Gasteiger partial charge < -0.3 is 9.73 Å². The summed E-state index contributed by atoms with van der Waals surface area (Å²) in [5.41, 5.74) is 0.978. The van der Waals surface area contributed by atoms with Crippen LogP contribution in [0.2, 0.25) is 0 Å². The second-order valence-corrected chi connectivity index (χ2v) is 6.16. The van der Waals surface area contributed by atoms with Gasteiger partial charge in [-0.3, -0.25) is 9.36 Å². The highest BCUT2D eigenvalue weighted by atomic mass is 32.2. The molecule has 0 atom stereocenters. The number of allylic oxidation sites excluding steroid dienone is 1. The third-order valence-electron chi connectivity index (χ3n) is 3.43. The topological polar surface area (TPSA) is 73.0 Å². The molecular weight excluding hydrogens is 336 g/mol. The van der Waals surface area contributed by atoms with Crippen LogP contribution in [0.15, 0.2) is 71.0 Å². The van der Waals surface area contributed by atoms with E-state index in [9.17, 15) is 4.79 Å². The van der Waals surface area contributed by atoms with Crippen molar-refractivity contribution in [2.45, 2.75) is 18.2 Å². The number of thioether (sulfide) groups is 1. The summed E-state index contributed by atoms with van der Waals surface area (Å²) < 4.78 is 7.14. The fourth-order valence-corrected chi connectivity index (χ4v) is 3.05. The van der Waals surface area contributed by atoms with Crippen LogP contribution in [-0.4, -0.2) is 26.4 Å². The van der Waals surface area contributed by atoms with Crippen molar-refractivity contribution in [3.63, 3.8) is 0 Å². The number of nitrogens with zero attached hydrogens (tertiary/aromatic N) is 3. The normalized spacial score (nSPS) is 10.6. The lowest BCUT2D eigenvalue weighted by atomic mass is 10.2. The Labute approximate surface area is 150 Å². The van der Waals surface area contributed by atoms with E-state index in [1.165, 1.54) is 11.8 Å². The molecule has 0 radical (unpaired) electrons. The van der Waals surface area contributed by atoms with Crippen molar-refractivity contribution in [2.24, 2.45) is 0 Å². The van der Waals surface area contributed by atoms with Crippen LogP contribution in [0.5, 0.6) is 0 Å². The van der Waals surface area contributed by atoms with E-state index in [4.69, 9.17) is 4.42 Å². The molecule has 1 amide bonds. The summed E-state index contributed by atoms with van der Waals surface area (Å²) in [4.78, 5) is 12.0. The molecular formula is C18H18N4O2S. The van der Waals surface area contributed by atoms with E-state index in [-0.39, 0.29) is 11.7 Å². The first-order valence-corrected chi connectivity index (χ1v) is 8.78. The summed E-state index contributed by atoms with van der Waals surface area (Å²) in [7, 11) is 0. The lowest BCUT2D eigenvalue weighted by molar-refractivity contribution is -0.118. The Morgan fingerprint density at radius 1 is 1.24 bits per heavy atom. The number of aromatic nitrogens is 3. The number of hydrogen-bond acceptors (Lipinski definition) is 5. The predicted octanol–water partition coefficient (Wildman–Crippen LogP) is 3.13. The second-order valence-electron chi connectivity index (χ2n) is 5.22. The first kappa shape index (κ1) is 17.0. The van der Waals surface area contributed by atoms with Crippen molar-refractivity contribution in [1.82, 2.24) is 20.1 Å². The van der Waals surface area contributed by atoms with Crippen LogP contribution in [0, 0.1) is 0 Å². The summed E-state index contributed by atoms with van der Waals surface area (Å²) in [6, 6.07) is 13.4. The SMILES string of the molecule is C=CCn1c(SCC(=O)NCc2ccco2)nnc1-c1ccccc1. The number of rotatable bonds is 8. The molecule has 0 saturated carbocycles. The number of furan rings is 1. The molecule has 0 aliphatic heterocycles. The third-order valence-corrected chi connectivity index (χ3v) is 4.40. The average Bonchev–Trinajstić information content (AvgIpc) is 3.29. The van der Waals surface area contributed by atoms with Gasteiger partial charge in [0.15, 0.2) is 11.0 Å². The van der Waals surface area contributed by atoms with Crippen LogP contribution < -0.4 is 5.32 Å². The molecule has 0 unspecified atom stereocenters. The van der Waals surface area contributed by atoms with Crippen molar-refractivity contribution >= 4 is 17.7 Å².